The van der Waals surface area contributed by atoms with Gasteiger partial charge in [0, 0.05) is 0 Å². The molecule has 1 aliphatic heterocycles. The summed E-state index contributed by atoms with van der Waals surface area (Å²) in [5, 5.41) is 3.16. The van der Waals surface area contributed by atoms with Crippen LogP contribution in [0.4, 0.5) is 0 Å². The molecule has 0 spiro atoms. The third kappa shape index (κ3) is 3.47. The van der Waals surface area contributed by atoms with Gasteiger partial charge >= 0.3 is 0 Å². The number of nitrogens with one attached hydrogen (secondary N) is 1. The smallest absolute Gasteiger partial charge is 0.234 e. The summed E-state index contributed by atoms with van der Waals surface area (Å²) < 4.78 is 5.86. The van der Waals surface area contributed by atoms with Crippen LogP contribution in [0, 0.1) is 0 Å². The zero-order valence-electron chi connectivity index (χ0n) is 11.6. The maximum Gasteiger partial charge on any atom is 0.234 e. The molecule has 1 fully saturated rings. The maximum atomic E-state index is 11.3. The largest absolute Gasteiger partial charge is 0.491 e. The minimum Gasteiger partial charge on any atom is -0.491 e. The first kappa shape index (κ1) is 13.9. The maximum absolute atomic E-state index is 11.3. The number of benzene rings is 1. The molecule has 0 radical (unpaired) electrons. The number of para-hydroxylation sites is 1. The van der Waals surface area contributed by atoms with Gasteiger partial charge in [0.15, 0.2) is 0 Å². The average Bonchev–Trinajstić information content (AvgIpc) is 2.39. The summed E-state index contributed by atoms with van der Waals surface area (Å²) in [4.78, 5) is 11.3. The van der Waals surface area contributed by atoms with E-state index in [1.54, 1.807) is 0 Å². The van der Waals surface area contributed by atoms with Crippen molar-refractivity contribution in [3.8, 4) is 5.75 Å². The second-order valence-corrected chi connectivity index (χ2v) is 5.33. The molecule has 2 rings (SSSR count). The third-order valence-electron chi connectivity index (χ3n) is 3.47. The molecule has 0 aromatic heterocycles. The van der Waals surface area contributed by atoms with Crippen LogP contribution in [0.3, 0.4) is 0 Å². The van der Waals surface area contributed by atoms with Gasteiger partial charge in [-0.15, -0.1) is 0 Å². The fourth-order valence-electron chi connectivity index (χ4n) is 2.60. The third-order valence-corrected chi connectivity index (χ3v) is 3.47. The van der Waals surface area contributed by atoms with Crippen molar-refractivity contribution in [1.82, 2.24) is 5.32 Å². The molecule has 1 aliphatic rings. The molecular formula is C15H22N2O2. The SMILES string of the molecule is CC(C)Oc1ccccc1C1CCNC(C(N)=O)C1. The Hall–Kier alpha value is -1.55. The molecule has 1 aromatic carbocycles. The number of hydrogen-bond acceptors (Lipinski definition) is 3. The number of ether oxygens (including phenoxy) is 1. The van der Waals surface area contributed by atoms with Crippen LogP contribution in [0.15, 0.2) is 24.3 Å². The van der Waals surface area contributed by atoms with Crippen molar-refractivity contribution in [1.29, 1.82) is 0 Å². The monoisotopic (exact) mass is 262 g/mol. The van der Waals surface area contributed by atoms with Crippen LogP contribution >= 0.6 is 0 Å². The second kappa shape index (κ2) is 6.06. The predicted molar refractivity (Wildman–Crippen MR) is 75.2 cm³/mol. The summed E-state index contributed by atoms with van der Waals surface area (Å²) in [5.41, 5.74) is 6.58. The van der Waals surface area contributed by atoms with E-state index in [0.29, 0.717) is 5.92 Å². The minimum atomic E-state index is -0.271. The van der Waals surface area contributed by atoms with Gasteiger partial charge in [-0.2, -0.15) is 0 Å². The van der Waals surface area contributed by atoms with Gasteiger partial charge in [-0.25, -0.2) is 0 Å². The molecule has 1 heterocycles. The van der Waals surface area contributed by atoms with E-state index in [4.69, 9.17) is 10.5 Å². The number of amides is 1. The van der Waals surface area contributed by atoms with Gasteiger partial charge in [-0.3, -0.25) is 4.79 Å². The first-order valence-corrected chi connectivity index (χ1v) is 6.86. The number of carbonyl (C=O) groups is 1. The van der Waals surface area contributed by atoms with Gasteiger partial charge in [0.1, 0.15) is 5.75 Å². The van der Waals surface area contributed by atoms with Gasteiger partial charge in [-0.05, 0) is 50.8 Å². The highest BCUT2D eigenvalue weighted by molar-refractivity contribution is 5.80. The number of nitrogens with two attached hydrogens (primary N) is 1. The number of rotatable bonds is 4. The lowest BCUT2D eigenvalue weighted by atomic mass is 9.85. The second-order valence-electron chi connectivity index (χ2n) is 5.33. The molecule has 19 heavy (non-hydrogen) atoms. The quantitative estimate of drug-likeness (QED) is 0.869. The van der Waals surface area contributed by atoms with Crippen molar-refractivity contribution in [3.05, 3.63) is 29.8 Å². The fourth-order valence-corrected chi connectivity index (χ4v) is 2.60. The van der Waals surface area contributed by atoms with E-state index in [1.165, 1.54) is 5.56 Å². The van der Waals surface area contributed by atoms with Crippen molar-refractivity contribution in [2.24, 2.45) is 5.73 Å². The Bertz CT molecular complexity index is 446. The van der Waals surface area contributed by atoms with E-state index in [2.05, 4.69) is 11.4 Å². The van der Waals surface area contributed by atoms with Crippen LogP contribution in [-0.4, -0.2) is 24.6 Å². The summed E-state index contributed by atoms with van der Waals surface area (Å²) in [5.74, 6) is 0.980. The zero-order chi connectivity index (χ0) is 13.8. The number of hydrogen-bond donors (Lipinski definition) is 2. The number of carbonyl (C=O) groups excluding carboxylic acids is 1. The van der Waals surface area contributed by atoms with Gasteiger partial charge in [-0.1, -0.05) is 18.2 Å². The number of piperidine rings is 1. The molecule has 1 aromatic rings. The highest BCUT2D eigenvalue weighted by atomic mass is 16.5. The van der Waals surface area contributed by atoms with E-state index >= 15 is 0 Å². The van der Waals surface area contributed by atoms with E-state index < -0.39 is 0 Å². The van der Waals surface area contributed by atoms with Gasteiger partial charge in [0.2, 0.25) is 5.91 Å². The molecule has 4 heteroatoms. The van der Waals surface area contributed by atoms with Crippen LogP contribution in [0.25, 0.3) is 0 Å². The molecule has 0 aliphatic carbocycles. The normalized spacial score (nSPS) is 23.3. The molecule has 2 atom stereocenters. The van der Waals surface area contributed by atoms with Crippen LogP contribution in [0.1, 0.15) is 38.2 Å². The first-order chi connectivity index (χ1) is 9.08. The summed E-state index contributed by atoms with van der Waals surface area (Å²) >= 11 is 0. The summed E-state index contributed by atoms with van der Waals surface area (Å²) in [7, 11) is 0. The molecule has 2 unspecified atom stereocenters. The van der Waals surface area contributed by atoms with Crippen LogP contribution in [0.2, 0.25) is 0 Å². The lowest BCUT2D eigenvalue weighted by Gasteiger charge is -2.30. The highest BCUT2D eigenvalue weighted by Crippen LogP contribution is 2.34. The zero-order valence-corrected chi connectivity index (χ0v) is 11.6. The molecule has 1 saturated heterocycles. The predicted octanol–water partition coefficient (Wildman–Crippen LogP) is 1.79. The van der Waals surface area contributed by atoms with Crippen molar-refractivity contribution in [3.63, 3.8) is 0 Å². The van der Waals surface area contributed by atoms with Crippen molar-refractivity contribution >= 4 is 5.91 Å². The lowest BCUT2D eigenvalue weighted by molar-refractivity contribution is -0.120. The standard InChI is InChI=1S/C15H22N2O2/c1-10(2)19-14-6-4-3-5-12(14)11-7-8-17-13(9-11)15(16)18/h3-6,10-11,13,17H,7-9H2,1-2H3,(H2,16,18). The van der Waals surface area contributed by atoms with Gasteiger partial charge in [0.25, 0.3) is 0 Å². The summed E-state index contributed by atoms with van der Waals surface area (Å²) in [6, 6.07) is 7.85. The van der Waals surface area contributed by atoms with Crippen molar-refractivity contribution in [2.45, 2.75) is 44.8 Å². The Morgan fingerprint density at radius 2 is 2.16 bits per heavy atom. The van der Waals surface area contributed by atoms with Crippen molar-refractivity contribution in [2.75, 3.05) is 6.54 Å². The first-order valence-electron chi connectivity index (χ1n) is 6.86. The molecule has 0 saturated carbocycles. The molecule has 3 N–H and O–H groups in total. The van der Waals surface area contributed by atoms with Crippen molar-refractivity contribution < 1.29 is 9.53 Å². The summed E-state index contributed by atoms with van der Waals surface area (Å²) in [6.45, 7) is 4.85. The molecule has 4 nitrogen and oxygen atoms in total. The fraction of sp³-hybridized carbons (Fsp3) is 0.533. The Balaban J connectivity index is 2.18. The van der Waals surface area contributed by atoms with E-state index in [0.717, 1.165) is 25.1 Å². The summed E-state index contributed by atoms with van der Waals surface area (Å²) in [6.07, 6.45) is 1.89. The minimum absolute atomic E-state index is 0.148. The average molecular weight is 262 g/mol. The topological polar surface area (TPSA) is 64.3 Å². The Labute approximate surface area is 114 Å². The van der Waals surface area contributed by atoms with E-state index in [9.17, 15) is 4.79 Å². The van der Waals surface area contributed by atoms with E-state index in [-0.39, 0.29) is 18.1 Å². The Morgan fingerprint density at radius 1 is 1.42 bits per heavy atom. The van der Waals surface area contributed by atoms with Crippen LogP contribution < -0.4 is 15.8 Å². The number of primary amides is 1. The molecule has 104 valence electrons. The van der Waals surface area contributed by atoms with Crippen LogP contribution in [0.5, 0.6) is 5.75 Å². The van der Waals surface area contributed by atoms with Crippen LogP contribution in [-0.2, 0) is 4.79 Å². The molecule has 1 amide bonds. The van der Waals surface area contributed by atoms with Gasteiger partial charge < -0.3 is 15.8 Å². The van der Waals surface area contributed by atoms with Gasteiger partial charge in [0.05, 0.1) is 12.1 Å². The van der Waals surface area contributed by atoms with E-state index in [1.807, 2.05) is 32.0 Å². The highest BCUT2D eigenvalue weighted by Gasteiger charge is 2.27. The Kier molecular flexibility index (Phi) is 4.43. The molecule has 0 bridgehead atoms. The Morgan fingerprint density at radius 3 is 2.84 bits per heavy atom. The molecular weight excluding hydrogens is 240 g/mol. The lowest BCUT2D eigenvalue weighted by Crippen LogP contribution is -2.46.